The Morgan fingerprint density at radius 1 is 1.44 bits per heavy atom. The van der Waals surface area contributed by atoms with E-state index in [2.05, 4.69) is 35.2 Å². The van der Waals surface area contributed by atoms with Crippen LogP contribution >= 0.6 is 0 Å². The summed E-state index contributed by atoms with van der Waals surface area (Å²) in [5.74, 6) is 0. The lowest BCUT2D eigenvalue weighted by Gasteiger charge is -2.37. The zero-order valence-corrected chi connectivity index (χ0v) is 10.7. The van der Waals surface area contributed by atoms with Crippen LogP contribution in [0.3, 0.4) is 0 Å². The minimum atomic E-state index is 0.101. The van der Waals surface area contributed by atoms with Crippen molar-refractivity contribution in [3.05, 3.63) is 18.7 Å². The zero-order valence-electron chi connectivity index (χ0n) is 10.7. The summed E-state index contributed by atoms with van der Waals surface area (Å²) >= 11 is 0. The van der Waals surface area contributed by atoms with E-state index in [1.807, 2.05) is 18.7 Å². The summed E-state index contributed by atoms with van der Waals surface area (Å²) in [6.07, 6.45) is 6.82. The lowest BCUT2D eigenvalue weighted by atomic mass is 10.0. The first kappa shape index (κ1) is 13.2. The fourth-order valence-electron chi connectivity index (χ4n) is 1.88. The van der Waals surface area contributed by atoms with Gasteiger partial charge in [-0.25, -0.2) is 4.98 Å². The maximum atomic E-state index is 5.79. The van der Waals surface area contributed by atoms with Crippen molar-refractivity contribution in [2.24, 2.45) is 5.73 Å². The quantitative estimate of drug-likeness (QED) is 0.760. The Hall–Kier alpha value is -0.870. The Morgan fingerprint density at radius 3 is 2.69 bits per heavy atom. The van der Waals surface area contributed by atoms with Crippen LogP contribution in [0, 0.1) is 0 Å². The molecular weight excluding hydrogens is 200 g/mol. The number of imidazole rings is 1. The highest BCUT2D eigenvalue weighted by Gasteiger charge is 2.22. The fourth-order valence-corrected chi connectivity index (χ4v) is 1.88. The third-order valence-corrected chi connectivity index (χ3v) is 3.14. The van der Waals surface area contributed by atoms with Gasteiger partial charge in [-0.3, -0.25) is 4.90 Å². The third-order valence-electron chi connectivity index (χ3n) is 3.14. The summed E-state index contributed by atoms with van der Waals surface area (Å²) in [5, 5.41) is 0. The van der Waals surface area contributed by atoms with Crippen molar-refractivity contribution >= 4 is 0 Å². The average Bonchev–Trinajstić information content (AvgIpc) is 2.77. The van der Waals surface area contributed by atoms with Crippen molar-refractivity contribution in [1.82, 2.24) is 14.5 Å². The van der Waals surface area contributed by atoms with E-state index in [0.29, 0.717) is 6.54 Å². The molecule has 0 radical (unpaired) electrons. The van der Waals surface area contributed by atoms with E-state index in [0.717, 1.165) is 26.1 Å². The number of aromatic nitrogens is 2. The first-order valence-corrected chi connectivity index (χ1v) is 6.01. The first-order chi connectivity index (χ1) is 7.60. The molecule has 1 heterocycles. The van der Waals surface area contributed by atoms with Gasteiger partial charge in [-0.1, -0.05) is 6.92 Å². The number of hydrogen-bond acceptors (Lipinski definition) is 3. The summed E-state index contributed by atoms with van der Waals surface area (Å²) in [7, 11) is 0. The van der Waals surface area contributed by atoms with E-state index in [9.17, 15) is 0 Å². The van der Waals surface area contributed by atoms with Crippen LogP contribution in [0.25, 0.3) is 0 Å². The van der Waals surface area contributed by atoms with E-state index < -0.39 is 0 Å². The van der Waals surface area contributed by atoms with Gasteiger partial charge in [-0.2, -0.15) is 0 Å². The van der Waals surface area contributed by atoms with Crippen LogP contribution in [-0.2, 0) is 6.54 Å². The van der Waals surface area contributed by atoms with Crippen LogP contribution in [0.15, 0.2) is 18.7 Å². The van der Waals surface area contributed by atoms with Crippen molar-refractivity contribution in [1.29, 1.82) is 0 Å². The molecule has 0 aliphatic carbocycles. The number of nitrogens with two attached hydrogens (primary N) is 1. The van der Waals surface area contributed by atoms with E-state index in [1.165, 1.54) is 0 Å². The van der Waals surface area contributed by atoms with E-state index in [1.54, 1.807) is 0 Å². The van der Waals surface area contributed by atoms with Crippen molar-refractivity contribution < 1.29 is 0 Å². The highest BCUT2D eigenvalue weighted by Crippen LogP contribution is 2.12. The summed E-state index contributed by atoms with van der Waals surface area (Å²) in [6.45, 7) is 10.5. The zero-order chi connectivity index (χ0) is 12.0. The topological polar surface area (TPSA) is 47.1 Å². The monoisotopic (exact) mass is 224 g/mol. The molecular formula is C12H24N4. The first-order valence-electron chi connectivity index (χ1n) is 6.01. The Morgan fingerprint density at radius 2 is 2.19 bits per heavy atom. The minimum absolute atomic E-state index is 0.101. The average molecular weight is 224 g/mol. The molecule has 16 heavy (non-hydrogen) atoms. The highest BCUT2D eigenvalue weighted by atomic mass is 15.2. The number of hydrogen-bond donors (Lipinski definition) is 1. The lowest BCUT2D eigenvalue weighted by Crippen LogP contribution is -2.49. The molecule has 0 aliphatic rings. The molecule has 0 saturated heterocycles. The molecule has 1 rings (SSSR count). The normalized spacial score (nSPS) is 12.3. The fraction of sp³-hybridized carbons (Fsp3) is 0.750. The van der Waals surface area contributed by atoms with Crippen LogP contribution in [0.5, 0.6) is 0 Å². The van der Waals surface area contributed by atoms with E-state index >= 15 is 0 Å². The maximum Gasteiger partial charge on any atom is 0.0945 e. The molecule has 2 N–H and O–H groups in total. The molecule has 0 saturated carbocycles. The SMILES string of the molecule is CCN(CCCn1ccnc1)C(C)(C)CN. The summed E-state index contributed by atoms with van der Waals surface area (Å²) in [6, 6.07) is 0. The molecule has 0 spiro atoms. The lowest BCUT2D eigenvalue weighted by molar-refractivity contribution is 0.131. The van der Waals surface area contributed by atoms with Gasteiger partial charge < -0.3 is 10.3 Å². The highest BCUT2D eigenvalue weighted by molar-refractivity contribution is 4.82. The molecule has 0 bridgehead atoms. The smallest absolute Gasteiger partial charge is 0.0945 e. The Balaban J connectivity index is 2.34. The van der Waals surface area contributed by atoms with Gasteiger partial charge in [0.1, 0.15) is 0 Å². The second-order valence-corrected chi connectivity index (χ2v) is 4.75. The molecule has 0 aliphatic heterocycles. The predicted molar refractivity (Wildman–Crippen MR) is 67.2 cm³/mol. The van der Waals surface area contributed by atoms with Crippen molar-refractivity contribution in [3.8, 4) is 0 Å². The molecule has 1 aromatic heterocycles. The van der Waals surface area contributed by atoms with Crippen molar-refractivity contribution in [2.75, 3.05) is 19.6 Å². The van der Waals surface area contributed by atoms with Gasteiger partial charge in [-0.05, 0) is 26.8 Å². The molecule has 1 aromatic rings. The van der Waals surface area contributed by atoms with Crippen LogP contribution in [0.1, 0.15) is 27.2 Å². The van der Waals surface area contributed by atoms with Gasteiger partial charge >= 0.3 is 0 Å². The molecule has 0 atom stereocenters. The van der Waals surface area contributed by atoms with Crippen LogP contribution in [0.2, 0.25) is 0 Å². The number of nitrogens with zero attached hydrogens (tertiary/aromatic N) is 3. The molecule has 0 amide bonds. The largest absolute Gasteiger partial charge is 0.337 e. The molecule has 4 nitrogen and oxygen atoms in total. The Kier molecular flexibility index (Phi) is 4.96. The summed E-state index contributed by atoms with van der Waals surface area (Å²) < 4.78 is 2.11. The van der Waals surface area contributed by atoms with Crippen molar-refractivity contribution in [2.45, 2.75) is 39.3 Å². The van der Waals surface area contributed by atoms with Crippen LogP contribution in [-0.4, -0.2) is 39.6 Å². The van der Waals surface area contributed by atoms with Gasteiger partial charge in [0, 0.05) is 37.6 Å². The standard InChI is InChI=1S/C12H24N4/c1-4-16(12(2,3)10-13)8-5-7-15-9-6-14-11-15/h6,9,11H,4-5,7-8,10,13H2,1-3H3. The molecule has 0 unspecified atom stereocenters. The molecule has 92 valence electrons. The van der Waals surface area contributed by atoms with Gasteiger partial charge in [0.25, 0.3) is 0 Å². The molecule has 0 fully saturated rings. The predicted octanol–water partition coefficient (Wildman–Crippen LogP) is 1.33. The van der Waals surface area contributed by atoms with Gasteiger partial charge in [0.05, 0.1) is 6.33 Å². The molecule has 0 aromatic carbocycles. The van der Waals surface area contributed by atoms with Gasteiger partial charge in [-0.15, -0.1) is 0 Å². The Bertz CT molecular complexity index is 279. The van der Waals surface area contributed by atoms with Gasteiger partial charge in [0.2, 0.25) is 0 Å². The number of rotatable bonds is 7. The number of likely N-dealkylation sites (N-methyl/N-ethyl adjacent to an activating group) is 1. The number of aryl methyl sites for hydroxylation is 1. The molecule has 4 heteroatoms. The second-order valence-electron chi connectivity index (χ2n) is 4.75. The summed E-state index contributed by atoms with van der Waals surface area (Å²) in [4.78, 5) is 6.47. The maximum absolute atomic E-state index is 5.79. The Labute approximate surface area is 98.5 Å². The van der Waals surface area contributed by atoms with Crippen LogP contribution < -0.4 is 5.73 Å². The van der Waals surface area contributed by atoms with Crippen LogP contribution in [0.4, 0.5) is 0 Å². The van der Waals surface area contributed by atoms with E-state index in [4.69, 9.17) is 5.73 Å². The van der Waals surface area contributed by atoms with Gasteiger partial charge in [0.15, 0.2) is 0 Å². The minimum Gasteiger partial charge on any atom is -0.337 e. The van der Waals surface area contributed by atoms with E-state index in [-0.39, 0.29) is 5.54 Å². The summed E-state index contributed by atoms with van der Waals surface area (Å²) in [5.41, 5.74) is 5.89. The third kappa shape index (κ3) is 3.61. The second kappa shape index (κ2) is 6.01. The van der Waals surface area contributed by atoms with Crippen molar-refractivity contribution in [3.63, 3.8) is 0 Å².